The number of hydrogen-bond donors (Lipinski definition) is 3. The highest BCUT2D eigenvalue weighted by atomic mass is 16.3. The Hall–Kier alpha value is -1.71. The third-order valence-electron chi connectivity index (χ3n) is 3.54. The molecule has 4 heteroatoms. The SMILES string of the molecule is CC1(C)CC1CNC(=O)c1cccc(N)c1O. The maximum atomic E-state index is 11.8. The van der Waals surface area contributed by atoms with E-state index in [0.29, 0.717) is 17.9 Å². The van der Waals surface area contributed by atoms with Crippen molar-refractivity contribution in [1.82, 2.24) is 5.32 Å². The molecule has 92 valence electrons. The molecule has 0 bridgehead atoms. The summed E-state index contributed by atoms with van der Waals surface area (Å²) in [5, 5.41) is 12.5. The molecule has 1 aliphatic rings. The van der Waals surface area contributed by atoms with Crippen LogP contribution in [0.2, 0.25) is 0 Å². The van der Waals surface area contributed by atoms with Crippen molar-refractivity contribution in [3.63, 3.8) is 0 Å². The molecule has 17 heavy (non-hydrogen) atoms. The number of rotatable bonds is 3. The van der Waals surface area contributed by atoms with E-state index < -0.39 is 0 Å². The zero-order chi connectivity index (χ0) is 12.6. The molecule has 0 spiro atoms. The van der Waals surface area contributed by atoms with Crippen LogP contribution in [0, 0.1) is 11.3 Å². The van der Waals surface area contributed by atoms with Gasteiger partial charge in [-0.05, 0) is 29.9 Å². The Labute approximate surface area is 101 Å². The highest BCUT2D eigenvalue weighted by Gasteiger charge is 2.45. The number of benzene rings is 1. The largest absolute Gasteiger partial charge is 0.505 e. The van der Waals surface area contributed by atoms with Crippen molar-refractivity contribution < 1.29 is 9.90 Å². The van der Waals surface area contributed by atoms with Gasteiger partial charge in [0, 0.05) is 6.54 Å². The molecule has 1 aromatic rings. The molecule has 1 unspecified atom stereocenters. The first-order chi connectivity index (χ1) is 7.92. The Balaban J connectivity index is 1.98. The Morgan fingerprint density at radius 2 is 2.24 bits per heavy atom. The average molecular weight is 234 g/mol. The van der Waals surface area contributed by atoms with Crippen LogP contribution in [0.1, 0.15) is 30.6 Å². The minimum absolute atomic E-state index is 0.139. The van der Waals surface area contributed by atoms with Gasteiger partial charge in [0.2, 0.25) is 0 Å². The number of carbonyl (C=O) groups is 1. The van der Waals surface area contributed by atoms with Crippen molar-refractivity contribution in [1.29, 1.82) is 0 Å². The van der Waals surface area contributed by atoms with Gasteiger partial charge < -0.3 is 16.2 Å². The van der Waals surface area contributed by atoms with E-state index >= 15 is 0 Å². The third kappa shape index (κ3) is 2.35. The summed E-state index contributed by atoms with van der Waals surface area (Å²) in [6.07, 6.45) is 1.14. The first-order valence-corrected chi connectivity index (χ1v) is 5.77. The van der Waals surface area contributed by atoms with Crippen LogP contribution in [0.3, 0.4) is 0 Å². The molecule has 1 amide bonds. The summed E-state index contributed by atoms with van der Waals surface area (Å²) in [6, 6.07) is 4.79. The number of nitrogens with one attached hydrogen (secondary N) is 1. The van der Waals surface area contributed by atoms with Crippen molar-refractivity contribution in [3.8, 4) is 5.75 Å². The highest BCUT2D eigenvalue weighted by Crippen LogP contribution is 2.51. The minimum atomic E-state index is -0.266. The predicted molar refractivity (Wildman–Crippen MR) is 66.7 cm³/mol. The molecule has 0 radical (unpaired) electrons. The fraction of sp³-hybridized carbons (Fsp3) is 0.462. The summed E-state index contributed by atoms with van der Waals surface area (Å²) in [7, 11) is 0. The fourth-order valence-corrected chi connectivity index (χ4v) is 1.98. The van der Waals surface area contributed by atoms with E-state index in [1.807, 2.05) is 0 Å². The van der Waals surface area contributed by atoms with Gasteiger partial charge in [0.1, 0.15) is 0 Å². The van der Waals surface area contributed by atoms with Crippen LogP contribution in [-0.4, -0.2) is 17.6 Å². The normalized spacial score (nSPS) is 20.9. The zero-order valence-corrected chi connectivity index (χ0v) is 10.2. The molecule has 1 atom stereocenters. The summed E-state index contributed by atoms with van der Waals surface area (Å²) in [6.45, 7) is 5.02. The van der Waals surface area contributed by atoms with Crippen LogP contribution < -0.4 is 11.1 Å². The van der Waals surface area contributed by atoms with E-state index in [-0.39, 0.29) is 22.9 Å². The minimum Gasteiger partial charge on any atom is -0.505 e. The van der Waals surface area contributed by atoms with Crippen molar-refractivity contribution in [2.24, 2.45) is 11.3 Å². The van der Waals surface area contributed by atoms with E-state index in [1.165, 1.54) is 0 Å². The molecule has 2 rings (SSSR count). The lowest BCUT2D eigenvalue weighted by atomic mass is 10.1. The second kappa shape index (κ2) is 3.95. The maximum absolute atomic E-state index is 11.8. The first-order valence-electron chi connectivity index (χ1n) is 5.77. The van der Waals surface area contributed by atoms with Crippen LogP contribution in [0.5, 0.6) is 5.75 Å². The molecule has 4 nitrogen and oxygen atoms in total. The lowest BCUT2D eigenvalue weighted by Crippen LogP contribution is -2.26. The van der Waals surface area contributed by atoms with Gasteiger partial charge in [-0.3, -0.25) is 4.79 Å². The van der Waals surface area contributed by atoms with Crippen molar-refractivity contribution in [2.75, 3.05) is 12.3 Å². The van der Waals surface area contributed by atoms with E-state index in [2.05, 4.69) is 19.2 Å². The molecule has 1 fully saturated rings. The molecule has 1 aromatic carbocycles. The summed E-state index contributed by atoms with van der Waals surface area (Å²) in [5.74, 6) is 0.132. The number of phenolic OH excluding ortho intramolecular Hbond substituents is 1. The van der Waals surface area contributed by atoms with E-state index in [1.54, 1.807) is 18.2 Å². The molecule has 0 saturated heterocycles. The number of aromatic hydroxyl groups is 1. The third-order valence-corrected chi connectivity index (χ3v) is 3.54. The highest BCUT2D eigenvalue weighted by molar-refractivity contribution is 5.98. The van der Waals surface area contributed by atoms with Gasteiger partial charge in [0.05, 0.1) is 11.3 Å². The second-order valence-corrected chi connectivity index (χ2v) is 5.34. The number of nitrogen functional groups attached to an aromatic ring is 1. The Morgan fingerprint density at radius 1 is 1.59 bits per heavy atom. The molecule has 1 aliphatic carbocycles. The zero-order valence-electron chi connectivity index (χ0n) is 10.2. The molecular formula is C13H18N2O2. The number of carbonyl (C=O) groups excluding carboxylic acids is 1. The molecule has 1 saturated carbocycles. The van der Waals surface area contributed by atoms with Crippen LogP contribution in [0.25, 0.3) is 0 Å². The molecule has 4 N–H and O–H groups in total. The van der Waals surface area contributed by atoms with Gasteiger partial charge in [-0.2, -0.15) is 0 Å². The van der Waals surface area contributed by atoms with Crippen LogP contribution >= 0.6 is 0 Å². The number of amides is 1. The number of anilines is 1. The summed E-state index contributed by atoms with van der Waals surface area (Å²) in [5.41, 5.74) is 6.34. The first kappa shape index (κ1) is 11.8. The number of phenols is 1. The predicted octanol–water partition coefficient (Wildman–Crippen LogP) is 1.75. The van der Waals surface area contributed by atoms with Gasteiger partial charge in [-0.25, -0.2) is 0 Å². The quantitative estimate of drug-likeness (QED) is 0.551. The number of hydrogen-bond acceptors (Lipinski definition) is 3. The summed E-state index contributed by atoms with van der Waals surface area (Å²) >= 11 is 0. The second-order valence-electron chi connectivity index (χ2n) is 5.34. The van der Waals surface area contributed by atoms with Gasteiger partial charge >= 0.3 is 0 Å². The number of nitrogens with two attached hydrogens (primary N) is 1. The molecular weight excluding hydrogens is 216 g/mol. The maximum Gasteiger partial charge on any atom is 0.255 e. The smallest absolute Gasteiger partial charge is 0.255 e. The van der Waals surface area contributed by atoms with E-state index in [0.717, 1.165) is 6.42 Å². The van der Waals surface area contributed by atoms with Gasteiger partial charge in [0.15, 0.2) is 5.75 Å². The molecule has 0 aromatic heterocycles. The Morgan fingerprint density at radius 3 is 2.82 bits per heavy atom. The standard InChI is InChI=1S/C13H18N2O2/c1-13(2)6-8(13)7-15-12(17)9-4-3-5-10(14)11(9)16/h3-5,8,16H,6-7,14H2,1-2H3,(H,15,17). The lowest BCUT2D eigenvalue weighted by molar-refractivity contribution is 0.0948. The lowest BCUT2D eigenvalue weighted by Gasteiger charge is -2.08. The van der Waals surface area contributed by atoms with Gasteiger partial charge in [-0.1, -0.05) is 19.9 Å². The van der Waals surface area contributed by atoms with Crippen LogP contribution in [0.4, 0.5) is 5.69 Å². The van der Waals surface area contributed by atoms with Crippen molar-refractivity contribution >= 4 is 11.6 Å². The van der Waals surface area contributed by atoms with Crippen LogP contribution in [0.15, 0.2) is 18.2 Å². The topological polar surface area (TPSA) is 75.4 Å². The monoisotopic (exact) mass is 234 g/mol. The summed E-state index contributed by atoms with van der Waals surface area (Å²) < 4.78 is 0. The van der Waals surface area contributed by atoms with Crippen molar-refractivity contribution in [2.45, 2.75) is 20.3 Å². The average Bonchev–Trinajstić information content (AvgIpc) is 2.87. The number of para-hydroxylation sites is 1. The molecule has 0 aliphatic heterocycles. The van der Waals surface area contributed by atoms with Crippen molar-refractivity contribution in [3.05, 3.63) is 23.8 Å². The molecule has 0 heterocycles. The van der Waals surface area contributed by atoms with E-state index in [9.17, 15) is 9.90 Å². The van der Waals surface area contributed by atoms with E-state index in [4.69, 9.17) is 5.73 Å². The summed E-state index contributed by atoms with van der Waals surface area (Å²) in [4.78, 5) is 11.8. The van der Waals surface area contributed by atoms with Crippen LogP contribution in [-0.2, 0) is 0 Å². The fourth-order valence-electron chi connectivity index (χ4n) is 1.98. The Bertz CT molecular complexity index is 455. The van der Waals surface area contributed by atoms with Gasteiger partial charge in [0.25, 0.3) is 5.91 Å². The van der Waals surface area contributed by atoms with Gasteiger partial charge in [-0.15, -0.1) is 0 Å². The Kier molecular flexibility index (Phi) is 2.73.